The largest absolute Gasteiger partial charge is 0.453 e. The van der Waals surface area contributed by atoms with Gasteiger partial charge in [0.15, 0.2) is 11.6 Å². The number of urea groups is 1. The maximum Gasteiger partial charge on any atom is 0.319 e. The van der Waals surface area contributed by atoms with Gasteiger partial charge in [0.25, 0.3) is 0 Å². The molecule has 1 aliphatic carbocycles. The number of pyridine rings is 2. The van der Waals surface area contributed by atoms with Crippen LogP contribution in [0.5, 0.6) is 11.5 Å². The van der Waals surface area contributed by atoms with Gasteiger partial charge in [-0.05, 0) is 42.7 Å². The summed E-state index contributed by atoms with van der Waals surface area (Å²) in [7, 11) is 1.68. The fraction of sp³-hybridized carbons (Fsp3) is 0.321. The number of benzene rings is 1. The van der Waals surface area contributed by atoms with Gasteiger partial charge in [0.2, 0.25) is 0 Å². The molecule has 1 aliphatic rings. The summed E-state index contributed by atoms with van der Waals surface area (Å²) < 4.78 is 26.7. The van der Waals surface area contributed by atoms with Gasteiger partial charge in [0.05, 0.1) is 27.4 Å². The Morgan fingerprint density at radius 1 is 1.11 bits per heavy atom. The van der Waals surface area contributed by atoms with Crippen LogP contribution in [-0.2, 0) is 11.3 Å². The van der Waals surface area contributed by atoms with Gasteiger partial charge in [0, 0.05) is 56.5 Å². The Balaban J connectivity index is 1.26. The number of carbonyl (C=O) groups excluding carboxylic acids is 1. The molecule has 198 valence electrons. The summed E-state index contributed by atoms with van der Waals surface area (Å²) in [6, 6.07) is 12.0. The van der Waals surface area contributed by atoms with Crippen LogP contribution in [0.1, 0.15) is 31.2 Å². The molecule has 3 N–H and O–H groups in total. The number of carbonyl (C=O) groups is 1. The Bertz CT molecular complexity index is 1390. The van der Waals surface area contributed by atoms with Crippen LogP contribution < -0.4 is 20.7 Å². The minimum absolute atomic E-state index is 0.0673. The normalized spacial score (nSPS) is 13.6. The van der Waals surface area contributed by atoms with Crippen molar-refractivity contribution in [1.29, 1.82) is 0 Å². The topological polar surface area (TPSA) is 97.4 Å². The minimum atomic E-state index is -0.568. The third-order valence-electron chi connectivity index (χ3n) is 6.37. The number of rotatable bonds is 10. The fourth-order valence-corrected chi connectivity index (χ4v) is 5.45. The zero-order chi connectivity index (χ0) is 26.3. The third kappa shape index (κ3) is 6.45. The highest BCUT2D eigenvalue weighted by atomic mass is 32.1. The van der Waals surface area contributed by atoms with Crippen LogP contribution in [0.4, 0.5) is 14.9 Å². The van der Waals surface area contributed by atoms with Gasteiger partial charge >= 0.3 is 6.03 Å². The summed E-state index contributed by atoms with van der Waals surface area (Å²) in [5.41, 5.74) is 3.03. The van der Waals surface area contributed by atoms with Crippen LogP contribution >= 0.6 is 11.3 Å². The van der Waals surface area contributed by atoms with Crippen molar-refractivity contribution in [1.82, 2.24) is 20.6 Å². The number of hydrogen-bond donors (Lipinski definition) is 3. The molecule has 0 aliphatic heterocycles. The average molecular weight is 536 g/mol. The Hall–Kier alpha value is -3.60. The molecule has 8 nitrogen and oxygen atoms in total. The van der Waals surface area contributed by atoms with Gasteiger partial charge < -0.3 is 25.4 Å². The number of amides is 2. The molecule has 1 fully saturated rings. The molecule has 0 bridgehead atoms. The molecule has 0 saturated heterocycles. The maximum atomic E-state index is 14.9. The Labute approximate surface area is 224 Å². The van der Waals surface area contributed by atoms with Gasteiger partial charge in [-0.3, -0.25) is 9.97 Å². The van der Waals surface area contributed by atoms with E-state index >= 15 is 0 Å². The number of methoxy groups -OCH3 is 1. The van der Waals surface area contributed by atoms with Gasteiger partial charge in [0.1, 0.15) is 5.75 Å². The second-order valence-electron chi connectivity index (χ2n) is 9.18. The van der Waals surface area contributed by atoms with Crippen molar-refractivity contribution >= 4 is 33.3 Å². The molecular weight excluding hydrogens is 505 g/mol. The molecule has 0 atom stereocenters. The van der Waals surface area contributed by atoms with Crippen molar-refractivity contribution in [3.63, 3.8) is 0 Å². The lowest BCUT2D eigenvalue weighted by Crippen LogP contribution is -2.36. The summed E-state index contributed by atoms with van der Waals surface area (Å²) >= 11 is 1.49. The molecule has 0 unspecified atom stereocenters. The highest BCUT2D eigenvalue weighted by Crippen LogP contribution is 2.39. The smallest absolute Gasteiger partial charge is 0.319 e. The lowest BCUT2D eigenvalue weighted by Gasteiger charge is -2.13. The highest BCUT2D eigenvalue weighted by Gasteiger charge is 2.18. The number of halogens is 1. The number of aromatic nitrogens is 2. The number of nitrogens with one attached hydrogen (secondary N) is 3. The zero-order valence-electron chi connectivity index (χ0n) is 21.1. The van der Waals surface area contributed by atoms with E-state index in [9.17, 15) is 9.18 Å². The number of anilines is 1. The van der Waals surface area contributed by atoms with E-state index in [4.69, 9.17) is 9.47 Å². The van der Waals surface area contributed by atoms with Crippen molar-refractivity contribution in [2.75, 3.05) is 25.6 Å². The Kier molecular flexibility index (Phi) is 8.42. The van der Waals surface area contributed by atoms with Gasteiger partial charge in [-0.15, -0.1) is 11.3 Å². The quantitative estimate of drug-likeness (QED) is 0.213. The third-order valence-corrected chi connectivity index (χ3v) is 7.53. The van der Waals surface area contributed by atoms with Gasteiger partial charge in [-0.1, -0.05) is 18.9 Å². The number of hydrogen-bond acceptors (Lipinski definition) is 7. The molecule has 1 saturated carbocycles. The van der Waals surface area contributed by atoms with Crippen LogP contribution in [0, 0.1) is 5.82 Å². The van der Waals surface area contributed by atoms with E-state index < -0.39 is 5.82 Å². The first-order valence-corrected chi connectivity index (χ1v) is 13.5. The summed E-state index contributed by atoms with van der Waals surface area (Å²) in [4.78, 5) is 22.2. The molecule has 3 heterocycles. The zero-order valence-corrected chi connectivity index (χ0v) is 21.9. The molecule has 1 aromatic carbocycles. The molecule has 2 amide bonds. The van der Waals surface area contributed by atoms with Gasteiger partial charge in [-0.2, -0.15) is 0 Å². The van der Waals surface area contributed by atoms with E-state index in [2.05, 4.69) is 25.9 Å². The van der Waals surface area contributed by atoms with Crippen LogP contribution in [0.15, 0.2) is 54.9 Å². The summed E-state index contributed by atoms with van der Waals surface area (Å²) in [6.07, 6.45) is 7.69. The molecule has 0 radical (unpaired) electrons. The molecular formula is C28H30FN5O3S. The minimum Gasteiger partial charge on any atom is -0.453 e. The average Bonchev–Trinajstić information content (AvgIpc) is 3.59. The van der Waals surface area contributed by atoms with Crippen LogP contribution in [0.25, 0.3) is 20.8 Å². The van der Waals surface area contributed by atoms with E-state index in [-0.39, 0.29) is 17.8 Å². The standard InChI is InChI=1S/C28H30FN5O3S/c1-36-13-12-30-16-18-6-8-22(32-17-18)26-15-23-27(38-26)25(10-11-31-23)37-24-9-7-20(14-21(24)29)34-28(35)33-19-4-2-3-5-19/h6-11,14-15,17,19,30H,2-5,12-13,16H2,1H3,(H2,33,34,35). The SMILES string of the molecule is COCCNCc1ccc(-c2cc3nccc(Oc4ccc(NC(=O)NC5CCCC5)cc4F)c3s2)nc1. The maximum absolute atomic E-state index is 14.9. The molecule has 10 heteroatoms. The number of ether oxygens (including phenoxy) is 2. The molecule has 5 rings (SSSR count). The van der Waals surface area contributed by atoms with E-state index in [0.717, 1.165) is 58.6 Å². The van der Waals surface area contributed by atoms with E-state index in [0.29, 0.717) is 24.6 Å². The Morgan fingerprint density at radius 2 is 1.97 bits per heavy atom. The summed E-state index contributed by atoms with van der Waals surface area (Å²) in [6.45, 7) is 2.15. The van der Waals surface area contributed by atoms with E-state index in [1.54, 1.807) is 25.4 Å². The lowest BCUT2D eigenvalue weighted by atomic mass is 10.2. The van der Waals surface area contributed by atoms with Crippen molar-refractivity contribution in [2.24, 2.45) is 0 Å². The van der Waals surface area contributed by atoms with Gasteiger partial charge in [-0.25, -0.2) is 9.18 Å². The molecule has 4 aromatic rings. The van der Waals surface area contributed by atoms with E-state index in [1.165, 1.54) is 23.5 Å². The molecule has 0 spiro atoms. The lowest BCUT2D eigenvalue weighted by molar-refractivity contribution is 0.199. The van der Waals surface area contributed by atoms with Crippen molar-refractivity contribution in [2.45, 2.75) is 38.3 Å². The number of fused-ring (bicyclic) bond motifs is 1. The first-order chi connectivity index (χ1) is 18.6. The summed E-state index contributed by atoms with van der Waals surface area (Å²) in [5, 5.41) is 8.94. The Morgan fingerprint density at radius 3 is 2.74 bits per heavy atom. The van der Waals surface area contributed by atoms with Crippen molar-refractivity contribution in [3.8, 4) is 22.1 Å². The number of nitrogens with zero attached hydrogens (tertiary/aromatic N) is 2. The second-order valence-corrected chi connectivity index (χ2v) is 10.2. The second kappa shape index (κ2) is 12.3. The first kappa shape index (κ1) is 26.0. The predicted molar refractivity (Wildman–Crippen MR) is 147 cm³/mol. The monoisotopic (exact) mass is 535 g/mol. The van der Waals surface area contributed by atoms with Crippen molar-refractivity contribution in [3.05, 3.63) is 66.2 Å². The number of thiophene rings is 1. The van der Waals surface area contributed by atoms with Crippen LogP contribution in [-0.4, -0.2) is 42.3 Å². The first-order valence-electron chi connectivity index (χ1n) is 12.7. The molecule has 38 heavy (non-hydrogen) atoms. The van der Waals surface area contributed by atoms with Crippen molar-refractivity contribution < 1.29 is 18.7 Å². The summed E-state index contributed by atoms with van der Waals surface area (Å²) in [5.74, 6) is 0.00298. The van der Waals surface area contributed by atoms with Crippen LogP contribution in [0.2, 0.25) is 0 Å². The fourth-order valence-electron chi connectivity index (χ4n) is 4.41. The molecule has 3 aromatic heterocycles. The van der Waals surface area contributed by atoms with Crippen LogP contribution in [0.3, 0.4) is 0 Å². The highest BCUT2D eigenvalue weighted by molar-refractivity contribution is 7.22. The van der Waals surface area contributed by atoms with E-state index in [1.807, 2.05) is 24.4 Å². The predicted octanol–water partition coefficient (Wildman–Crippen LogP) is 6.09.